The van der Waals surface area contributed by atoms with Crippen LogP contribution in [0.5, 0.6) is 0 Å². The van der Waals surface area contributed by atoms with Gasteiger partial charge in [-0.3, -0.25) is 14.5 Å². The van der Waals surface area contributed by atoms with E-state index in [0.717, 1.165) is 12.8 Å². The first kappa shape index (κ1) is 10.6. The molecule has 5 nitrogen and oxygen atoms in total. The molecule has 1 fully saturated rings. The standard InChI is InChI=1S/C11H13N3O2/c12-11(16)8-4-5-13-9(7-8)14-6-2-1-3-10(14)15/h4-5,7H,1-3,6H2,(H2,12,16). The number of hydrogen-bond acceptors (Lipinski definition) is 3. The third-order valence-corrected chi connectivity index (χ3v) is 2.63. The molecule has 1 saturated heterocycles. The quantitative estimate of drug-likeness (QED) is 0.795. The molecule has 0 unspecified atom stereocenters. The number of pyridine rings is 1. The first-order valence-electron chi connectivity index (χ1n) is 5.25. The van der Waals surface area contributed by atoms with Gasteiger partial charge in [-0.05, 0) is 25.0 Å². The molecular weight excluding hydrogens is 206 g/mol. The fourth-order valence-electron chi connectivity index (χ4n) is 1.77. The van der Waals surface area contributed by atoms with E-state index in [4.69, 9.17) is 5.73 Å². The van der Waals surface area contributed by atoms with Gasteiger partial charge in [-0.2, -0.15) is 0 Å². The van der Waals surface area contributed by atoms with Crippen molar-refractivity contribution in [3.63, 3.8) is 0 Å². The highest BCUT2D eigenvalue weighted by Gasteiger charge is 2.20. The Morgan fingerprint density at radius 1 is 1.44 bits per heavy atom. The van der Waals surface area contributed by atoms with Gasteiger partial charge in [-0.25, -0.2) is 4.98 Å². The van der Waals surface area contributed by atoms with Crippen molar-refractivity contribution in [2.45, 2.75) is 19.3 Å². The van der Waals surface area contributed by atoms with E-state index in [9.17, 15) is 9.59 Å². The van der Waals surface area contributed by atoms with Gasteiger partial charge in [0.05, 0.1) is 0 Å². The van der Waals surface area contributed by atoms with Crippen molar-refractivity contribution >= 4 is 17.6 Å². The van der Waals surface area contributed by atoms with Crippen molar-refractivity contribution in [1.29, 1.82) is 0 Å². The highest BCUT2D eigenvalue weighted by Crippen LogP contribution is 2.19. The molecule has 2 rings (SSSR count). The number of primary amides is 1. The second-order valence-electron chi connectivity index (χ2n) is 3.77. The van der Waals surface area contributed by atoms with E-state index in [1.807, 2.05) is 0 Å². The molecule has 0 bridgehead atoms. The minimum absolute atomic E-state index is 0.0559. The summed E-state index contributed by atoms with van der Waals surface area (Å²) < 4.78 is 0. The number of anilines is 1. The van der Waals surface area contributed by atoms with E-state index in [1.54, 1.807) is 17.0 Å². The Morgan fingerprint density at radius 3 is 2.94 bits per heavy atom. The zero-order valence-electron chi connectivity index (χ0n) is 8.85. The minimum Gasteiger partial charge on any atom is -0.366 e. The summed E-state index contributed by atoms with van der Waals surface area (Å²) in [5.74, 6) is 0.0643. The van der Waals surface area contributed by atoms with Crippen molar-refractivity contribution in [2.24, 2.45) is 5.73 Å². The van der Waals surface area contributed by atoms with Gasteiger partial charge in [-0.1, -0.05) is 0 Å². The molecule has 2 N–H and O–H groups in total. The van der Waals surface area contributed by atoms with Gasteiger partial charge in [0.25, 0.3) is 0 Å². The molecule has 1 aliphatic rings. The van der Waals surface area contributed by atoms with Crippen LogP contribution in [-0.2, 0) is 4.79 Å². The van der Waals surface area contributed by atoms with Gasteiger partial charge in [0.1, 0.15) is 5.82 Å². The number of piperidine rings is 1. The molecule has 1 aromatic heterocycles. The van der Waals surface area contributed by atoms with Crippen LogP contribution in [0.2, 0.25) is 0 Å². The van der Waals surface area contributed by atoms with Crippen molar-refractivity contribution in [3.05, 3.63) is 23.9 Å². The lowest BCUT2D eigenvalue weighted by Gasteiger charge is -2.25. The lowest BCUT2D eigenvalue weighted by molar-refractivity contribution is -0.119. The molecule has 2 heterocycles. The van der Waals surface area contributed by atoms with Crippen molar-refractivity contribution in [3.8, 4) is 0 Å². The fraction of sp³-hybridized carbons (Fsp3) is 0.364. The monoisotopic (exact) mass is 219 g/mol. The first-order valence-corrected chi connectivity index (χ1v) is 5.25. The predicted octanol–water partition coefficient (Wildman–Crippen LogP) is 0.697. The summed E-state index contributed by atoms with van der Waals surface area (Å²) in [6.07, 6.45) is 3.93. The molecule has 5 heteroatoms. The molecule has 1 aliphatic heterocycles. The maximum absolute atomic E-state index is 11.6. The van der Waals surface area contributed by atoms with E-state index in [0.29, 0.717) is 24.3 Å². The lowest BCUT2D eigenvalue weighted by atomic mass is 10.1. The number of nitrogens with two attached hydrogens (primary N) is 1. The second kappa shape index (κ2) is 4.30. The van der Waals surface area contributed by atoms with E-state index < -0.39 is 5.91 Å². The summed E-state index contributed by atoms with van der Waals surface area (Å²) in [6, 6.07) is 3.10. The third kappa shape index (κ3) is 2.03. The Kier molecular flexibility index (Phi) is 2.85. The van der Waals surface area contributed by atoms with Gasteiger partial charge in [-0.15, -0.1) is 0 Å². The smallest absolute Gasteiger partial charge is 0.248 e. The van der Waals surface area contributed by atoms with Crippen LogP contribution in [0.25, 0.3) is 0 Å². The molecule has 0 aliphatic carbocycles. The summed E-state index contributed by atoms with van der Waals surface area (Å²) in [5.41, 5.74) is 5.55. The van der Waals surface area contributed by atoms with Crippen LogP contribution in [0.15, 0.2) is 18.3 Å². The summed E-state index contributed by atoms with van der Waals surface area (Å²) in [6.45, 7) is 0.661. The zero-order valence-corrected chi connectivity index (χ0v) is 8.85. The molecular formula is C11H13N3O2. The number of carbonyl (C=O) groups is 2. The van der Waals surface area contributed by atoms with Crippen LogP contribution >= 0.6 is 0 Å². The third-order valence-electron chi connectivity index (χ3n) is 2.63. The molecule has 0 atom stereocenters. The Morgan fingerprint density at radius 2 is 2.25 bits per heavy atom. The molecule has 0 aromatic carbocycles. The maximum Gasteiger partial charge on any atom is 0.248 e. The summed E-state index contributed by atoms with van der Waals surface area (Å²) in [4.78, 5) is 28.4. The molecule has 1 aromatic rings. The zero-order chi connectivity index (χ0) is 11.5. The van der Waals surface area contributed by atoms with Crippen LogP contribution in [0.3, 0.4) is 0 Å². The van der Waals surface area contributed by atoms with Crippen LogP contribution in [-0.4, -0.2) is 23.3 Å². The van der Waals surface area contributed by atoms with E-state index in [1.165, 1.54) is 6.20 Å². The average molecular weight is 219 g/mol. The summed E-state index contributed by atoms with van der Waals surface area (Å²) >= 11 is 0. The van der Waals surface area contributed by atoms with Crippen LogP contribution in [0, 0.1) is 0 Å². The van der Waals surface area contributed by atoms with Gasteiger partial charge in [0, 0.05) is 24.7 Å². The number of rotatable bonds is 2. The van der Waals surface area contributed by atoms with Gasteiger partial charge in [0.15, 0.2) is 0 Å². The average Bonchev–Trinajstić information content (AvgIpc) is 2.30. The largest absolute Gasteiger partial charge is 0.366 e. The normalized spacial score (nSPS) is 16.2. The molecule has 16 heavy (non-hydrogen) atoms. The molecule has 0 radical (unpaired) electrons. The minimum atomic E-state index is -0.506. The predicted molar refractivity (Wildman–Crippen MR) is 59.0 cm³/mol. The second-order valence-corrected chi connectivity index (χ2v) is 3.77. The van der Waals surface area contributed by atoms with E-state index >= 15 is 0 Å². The highest BCUT2D eigenvalue weighted by molar-refractivity contribution is 5.96. The Labute approximate surface area is 93.3 Å². The first-order chi connectivity index (χ1) is 7.68. The van der Waals surface area contributed by atoms with Crippen molar-refractivity contribution < 1.29 is 9.59 Å². The highest BCUT2D eigenvalue weighted by atomic mass is 16.2. The summed E-state index contributed by atoms with van der Waals surface area (Å²) in [7, 11) is 0. The lowest BCUT2D eigenvalue weighted by Crippen LogP contribution is -2.36. The van der Waals surface area contributed by atoms with Crippen LogP contribution in [0.4, 0.5) is 5.82 Å². The SMILES string of the molecule is NC(=O)c1ccnc(N2CCCCC2=O)c1. The van der Waals surface area contributed by atoms with Gasteiger partial charge >= 0.3 is 0 Å². The molecule has 0 saturated carbocycles. The number of hydrogen-bond donors (Lipinski definition) is 1. The van der Waals surface area contributed by atoms with Crippen LogP contribution < -0.4 is 10.6 Å². The molecule has 84 valence electrons. The topological polar surface area (TPSA) is 76.3 Å². The number of aromatic nitrogens is 1. The van der Waals surface area contributed by atoms with Crippen LogP contribution in [0.1, 0.15) is 29.6 Å². The Balaban J connectivity index is 2.28. The van der Waals surface area contributed by atoms with Gasteiger partial charge < -0.3 is 5.73 Å². The van der Waals surface area contributed by atoms with Crippen molar-refractivity contribution in [2.75, 3.05) is 11.4 Å². The summed E-state index contributed by atoms with van der Waals surface area (Å²) in [5, 5.41) is 0. The molecule has 0 spiro atoms. The number of amides is 2. The van der Waals surface area contributed by atoms with E-state index in [-0.39, 0.29) is 5.91 Å². The van der Waals surface area contributed by atoms with Gasteiger partial charge in [0.2, 0.25) is 11.8 Å². The fourth-order valence-corrected chi connectivity index (χ4v) is 1.77. The Hall–Kier alpha value is -1.91. The molecule has 2 amide bonds. The maximum atomic E-state index is 11.6. The van der Waals surface area contributed by atoms with Crippen molar-refractivity contribution in [1.82, 2.24) is 4.98 Å². The number of carbonyl (C=O) groups excluding carboxylic acids is 2. The van der Waals surface area contributed by atoms with E-state index in [2.05, 4.69) is 4.98 Å². The Bertz CT molecular complexity index is 431. The number of nitrogens with zero attached hydrogens (tertiary/aromatic N) is 2.